The molecule has 1 rings (SSSR count). The van der Waals surface area contributed by atoms with Gasteiger partial charge < -0.3 is 4.98 Å². The number of hydrogen-bond acceptors (Lipinski definition) is 1. The van der Waals surface area contributed by atoms with Gasteiger partial charge in [-0.3, -0.25) is 16.5 Å². The SMILES string of the molecule is NC(N)=[NH+]CCc1cnc[nH]1. The van der Waals surface area contributed by atoms with Gasteiger partial charge in [0.15, 0.2) is 0 Å². The van der Waals surface area contributed by atoms with Crippen LogP contribution in [0.25, 0.3) is 0 Å². The summed E-state index contributed by atoms with van der Waals surface area (Å²) in [7, 11) is 0. The van der Waals surface area contributed by atoms with Crippen LogP contribution in [-0.2, 0) is 6.42 Å². The van der Waals surface area contributed by atoms with E-state index in [-0.39, 0.29) is 5.96 Å². The molecule has 60 valence electrons. The summed E-state index contributed by atoms with van der Waals surface area (Å²) in [6, 6.07) is 0. The second-order valence-electron chi connectivity index (χ2n) is 2.21. The zero-order valence-electron chi connectivity index (χ0n) is 6.17. The third-order valence-corrected chi connectivity index (χ3v) is 1.28. The van der Waals surface area contributed by atoms with Gasteiger partial charge in [0.25, 0.3) is 0 Å². The van der Waals surface area contributed by atoms with E-state index in [4.69, 9.17) is 11.5 Å². The summed E-state index contributed by atoms with van der Waals surface area (Å²) in [4.78, 5) is 9.64. The maximum absolute atomic E-state index is 5.19. The number of nitrogens with two attached hydrogens (primary N) is 2. The third kappa shape index (κ3) is 2.70. The van der Waals surface area contributed by atoms with E-state index in [0.717, 1.165) is 18.7 Å². The number of guanidine groups is 1. The lowest BCUT2D eigenvalue weighted by atomic mass is 10.3. The van der Waals surface area contributed by atoms with E-state index in [9.17, 15) is 0 Å². The summed E-state index contributed by atoms with van der Waals surface area (Å²) < 4.78 is 0. The molecule has 11 heavy (non-hydrogen) atoms. The Bertz CT molecular complexity index is 221. The number of imidazole rings is 1. The normalized spacial score (nSPS) is 9.45. The first-order chi connectivity index (χ1) is 5.29. The molecule has 0 saturated carbocycles. The van der Waals surface area contributed by atoms with Gasteiger partial charge >= 0.3 is 5.96 Å². The summed E-state index contributed by atoms with van der Waals surface area (Å²) in [6.07, 6.45) is 4.26. The summed E-state index contributed by atoms with van der Waals surface area (Å²) >= 11 is 0. The van der Waals surface area contributed by atoms with Crippen molar-refractivity contribution >= 4 is 5.96 Å². The first kappa shape index (κ1) is 7.59. The van der Waals surface area contributed by atoms with Gasteiger partial charge in [-0.25, -0.2) is 4.98 Å². The van der Waals surface area contributed by atoms with Crippen LogP contribution in [0.15, 0.2) is 12.5 Å². The highest BCUT2D eigenvalue weighted by molar-refractivity contribution is 5.69. The Kier molecular flexibility index (Phi) is 2.48. The van der Waals surface area contributed by atoms with E-state index < -0.39 is 0 Å². The molecular weight excluding hydrogens is 142 g/mol. The smallest absolute Gasteiger partial charge is 0.338 e. The van der Waals surface area contributed by atoms with E-state index in [1.807, 2.05) is 0 Å². The fourth-order valence-electron chi connectivity index (χ4n) is 0.763. The number of aromatic nitrogens is 2. The first-order valence-corrected chi connectivity index (χ1v) is 3.38. The van der Waals surface area contributed by atoms with Gasteiger partial charge in [0.2, 0.25) is 0 Å². The lowest BCUT2D eigenvalue weighted by molar-refractivity contribution is -0.458. The number of nitrogens with zero attached hydrogens (tertiary/aromatic N) is 1. The lowest BCUT2D eigenvalue weighted by Crippen LogP contribution is -2.78. The summed E-state index contributed by atoms with van der Waals surface area (Å²) in [5, 5.41) is 0. The predicted molar refractivity (Wildman–Crippen MR) is 41.5 cm³/mol. The van der Waals surface area contributed by atoms with E-state index in [0.29, 0.717) is 0 Å². The molecule has 1 aromatic heterocycles. The molecule has 1 heterocycles. The van der Waals surface area contributed by atoms with Gasteiger partial charge in [0, 0.05) is 18.3 Å². The van der Waals surface area contributed by atoms with Gasteiger partial charge in [-0.2, -0.15) is 0 Å². The van der Waals surface area contributed by atoms with Crippen molar-refractivity contribution in [3.8, 4) is 0 Å². The molecule has 0 aromatic carbocycles. The van der Waals surface area contributed by atoms with Crippen LogP contribution in [0.5, 0.6) is 0 Å². The molecule has 5 nitrogen and oxygen atoms in total. The van der Waals surface area contributed by atoms with Crippen LogP contribution in [0.4, 0.5) is 0 Å². The van der Waals surface area contributed by atoms with Crippen LogP contribution in [0.1, 0.15) is 5.69 Å². The third-order valence-electron chi connectivity index (χ3n) is 1.28. The zero-order chi connectivity index (χ0) is 8.10. The molecule has 6 N–H and O–H groups in total. The van der Waals surface area contributed by atoms with E-state index in [1.54, 1.807) is 12.5 Å². The number of rotatable bonds is 3. The molecule has 0 aliphatic carbocycles. The van der Waals surface area contributed by atoms with Crippen LogP contribution >= 0.6 is 0 Å². The predicted octanol–water partition coefficient (Wildman–Crippen LogP) is -2.69. The quantitative estimate of drug-likeness (QED) is 0.282. The Hall–Kier alpha value is -1.52. The minimum Gasteiger partial charge on any atom is -0.348 e. The largest absolute Gasteiger partial charge is 0.348 e. The van der Waals surface area contributed by atoms with E-state index >= 15 is 0 Å². The standard InChI is InChI=1S/C6H11N5/c7-6(8)10-2-1-5-3-9-4-11-5/h3-4H,1-2H2,(H,9,11)(H4,7,8,10)/p+1. The molecule has 1 aromatic rings. The number of H-pyrrole nitrogens is 1. The molecule has 0 atom stereocenters. The van der Waals surface area contributed by atoms with Crippen molar-refractivity contribution in [3.05, 3.63) is 18.2 Å². The fourth-order valence-corrected chi connectivity index (χ4v) is 0.763. The molecule has 0 radical (unpaired) electrons. The highest BCUT2D eigenvalue weighted by atomic mass is 15.0. The minimum absolute atomic E-state index is 0.254. The maximum atomic E-state index is 5.19. The molecule has 0 unspecified atom stereocenters. The van der Waals surface area contributed by atoms with Crippen molar-refractivity contribution < 1.29 is 4.99 Å². The molecule has 0 aliphatic heterocycles. The highest BCUT2D eigenvalue weighted by Crippen LogP contribution is 1.87. The van der Waals surface area contributed by atoms with Crippen LogP contribution in [0, 0.1) is 0 Å². The molecule has 0 saturated heterocycles. The molecular formula is C6H12N5+. The Morgan fingerprint density at radius 1 is 1.64 bits per heavy atom. The van der Waals surface area contributed by atoms with Gasteiger partial charge in [0.1, 0.15) is 0 Å². The van der Waals surface area contributed by atoms with Crippen molar-refractivity contribution in [1.29, 1.82) is 0 Å². The van der Waals surface area contributed by atoms with Gasteiger partial charge in [-0.1, -0.05) is 0 Å². The maximum Gasteiger partial charge on any atom is 0.338 e. The van der Waals surface area contributed by atoms with Crippen molar-refractivity contribution in [2.75, 3.05) is 6.54 Å². The topological polar surface area (TPSA) is 94.7 Å². The van der Waals surface area contributed by atoms with Crippen LogP contribution < -0.4 is 16.5 Å². The summed E-state index contributed by atoms with van der Waals surface area (Å²) in [5.41, 5.74) is 11.4. The minimum atomic E-state index is 0.254. The Morgan fingerprint density at radius 3 is 3.00 bits per heavy atom. The fraction of sp³-hybridized carbons (Fsp3) is 0.333. The molecule has 0 amide bonds. The van der Waals surface area contributed by atoms with E-state index in [1.165, 1.54) is 0 Å². The molecule has 0 bridgehead atoms. The summed E-state index contributed by atoms with van der Waals surface area (Å²) in [6.45, 7) is 0.727. The van der Waals surface area contributed by atoms with E-state index in [2.05, 4.69) is 15.0 Å². The van der Waals surface area contributed by atoms with Gasteiger partial charge in [-0.05, 0) is 0 Å². The van der Waals surface area contributed by atoms with Crippen molar-refractivity contribution in [2.45, 2.75) is 6.42 Å². The molecule has 0 spiro atoms. The van der Waals surface area contributed by atoms with Crippen LogP contribution in [-0.4, -0.2) is 22.5 Å². The highest BCUT2D eigenvalue weighted by Gasteiger charge is 1.92. The van der Waals surface area contributed by atoms with Gasteiger partial charge in [0.05, 0.1) is 12.9 Å². The second-order valence-corrected chi connectivity index (χ2v) is 2.21. The second kappa shape index (κ2) is 3.60. The Balaban J connectivity index is 2.30. The monoisotopic (exact) mass is 154 g/mol. The van der Waals surface area contributed by atoms with Gasteiger partial charge in [-0.15, -0.1) is 0 Å². The van der Waals surface area contributed by atoms with Crippen LogP contribution in [0.3, 0.4) is 0 Å². The molecule has 0 fully saturated rings. The van der Waals surface area contributed by atoms with Crippen molar-refractivity contribution in [1.82, 2.24) is 9.97 Å². The number of nitrogens with one attached hydrogen (secondary N) is 2. The zero-order valence-corrected chi connectivity index (χ0v) is 6.17. The number of aromatic amines is 1. The average molecular weight is 154 g/mol. The van der Waals surface area contributed by atoms with Crippen molar-refractivity contribution in [2.24, 2.45) is 11.5 Å². The Labute approximate surface area is 64.5 Å². The molecule has 5 heteroatoms. The molecule has 0 aliphatic rings. The number of hydrogen-bond donors (Lipinski definition) is 4. The average Bonchev–Trinajstić information content (AvgIpc) is 2.39. The summed E-state index contributed by atoms with van der Waals surface area (Å²) in [5.74, 6) is 0.254. The Morgan fingerprint density at radius 2 is 2.45 bits per heavy atom. The van der Waals surface area contributed by atoms with Crippen molar-refractivity contribution in [3.63, 3.8) is 0 Å². The first-order valence-electron chi connectivity index (χ1n) is 3.38. The lowest BCUT2D eigenvalue weighted by Gasteiger charge is -1.89. The van der Waals surface area contributed by atoms with Crippen LogP contribution in [0.2, 0.25) is 0 Å².